The number of aryl methyl sites for hydroxylation is 2. The zero-order chi connectivity index (χ0) is 15.5. The lowest BCUT2D eigenvalue weighted by molar-refractivity contribution is 0.140. The van der Waals surface area contributed by atoms with Crippen LogP contribution in [0.1, 0.15) is 41.9 Å². The Morgan fingerprint density at radius 2 is 1.71 bits per heavy atom. The van der Waals surface area contributed by atoms with Crippen LogP contribution >= 0.6 is 12.4 Å². The lowest BCUT2D eigenvalue weighted by atomic mass is 9.71. The van der Waals surface area contributed by atoms with Gasteiger partial charge in [-0.1, -0.05) is 54.6 Å². The van der Waals surface area contributed by atoms with E-state index in [4.69, 9.17) is 0 Å². The quantitative estimate of drug-likeness (QED) is 0.748. The summed E-state index contributed by atoms with van der Waals surface area (Å²) in [6.45, 7) is 3.86. The van der Waals surface area contributed by atoms with Gasteiger partial charge in [0.2, 0.25) is 0 Å². The Bertz CT molecular complexity index is 639. The van der Waals surface area contributed by atoms with Gasteiger partial charge in [-0.05, 0) is 73.7 Å². The number of hydrogen-bond donors (Lipinski definition) is 0. The Morgan fingerprint density at radius 3 is 2.58 bits per heavy atom. The van der Waals surface area contributed by atoms with E-state index in [1.54, 1.807) is 11.1 Å². The fraction of sp³-hybridized carbons (Fsp3) is 0.455. The first kappa shape index (κ1) is 17.5. The second-order valence-electron chi connectivity index (χ2n) is 7.28. The molecule has 1 nitrogen and oxygen atoms in total. The fourth-order valence-electron chi connectivity index (χ4n) is 4.63. The molecule has 2 aromatic rings. The van der Waals surface area contributed by atoms with E-state index in [1.807, 2.05) is 0 Å². The van der Waals surface area contributed by atoms with Crippen LogP contribution in [0, 0.1) is 5.92 Å². The van der Waals surface area contributed by atoms with Crippen LogP contribution < -0.4 is 0 Å². The van der Waals surface area contributed by atoms with E-state index in [9.17, 15) is 0 Å². The third-order valence-electron chi connectivity index (χ3n) is 5.84. The van der Waals surface area contributed by atoms with Crippen LogP contribution in [0.2, 0.25) is 0 Å². The molecule has 0 bridgehead atoms. The van der Waals surface area contributed by atoms with E-state index in [-0.39, 0.29) is 12.4 Å². The number of halogens is 1. The van der Waals surface area contributed by atoms with Crippen LogP contribution in [0.15, 0.2) is 54.6 Å². The maximum atomic E-state index is 2.72. The minimum atomic E-state index is 0. The molecular formula is C22H28ClN. The van der Waals surface area contributed by atoms with Crippen molar-refractivity contribution in [1.82, 2.24) is 4.90 Å². The van der Waals surface area contributed by atoms with Crippen LogP contribution in [0.4, 0.5) is 0 Å². The first-order chi connectivity index (χ1) is 11.4. The highest BCUT2D eigenvalue weighted by atomic mass is 35.5. The normalized spacial score (nSPS) is 23.0. The molecule has 1 saturated heterocycles. The number of benzene rings is 2. The highest BCUT2D eigenvalue weighted by Crippen LogP contribution is 2.41. The van der Waals surface area contributed by atoms with E-state index in [0.29, 0.717) is 0 Å². The van der Waals surface area contributed by atoms with Gasteiger partial charge in [-0.3, -0.25) is 0 Å². The van der Waals surface area contributed by atoms with Crippen LogP contribution in [0.3, 0.4) is 0 Å². The van der Waals surface area contributed by atoms with E-state index in [2.05, 4.69) is 59.5 Å². The Labute approximate surface area is 152 Å². The first-order valence-electron chi connectivity index (χ1n) is 9.24. The van der Waals surface area contributed by atoms with Gasteiger partial charge in [0.15, 0.2) is 0 Å². The number of nitrogens with zero attached hydrogens (tertiary/aromatic N) is 1. The number of piperidine rings is 1. The zero-order valence-corrected chi connectivity index (χ0v) is 15.2. The lowest BCUT2D eigenvalue weighted by Crippen LogP contribution is -2.41. The molecule has 0 aromatic heterocycles. The standard InChI is InChI=1S/C22H27N.ClH/c1-2-7-18(8-3-1)9-6-15-23-16-14-22-20(17-23)13-12-19-10-4-5-11-21(19)22;/h1-5,7-8,10-11,20,22H,6,9,12-17H2;1H/t20-,22+;/m0./s1. The molecule has 1 aliphatic heterocycles. The van der Waals surface area contributed by atoms with Crippen LogP contribution in [0.5, 0.6) is 0 Å². The third-order valence-corrected chi connectivity index (χ3v) is 5.84. The Kier molecular flexibility index (Phi) is 5.97. The summed E-state index contributed by atoms with van der Waals surface area (Å²) in [6, 6.07) is 20.1. The fourth-order valence-corrected chi connectivity index (χ4v) is 4.63. The summed E-state index contributed by atoms with van der Waals surface area (Å²) >= 11 is 0. The molecule has 1 heterocycles. The Morgan fingerprint density at radius 1 is 0.917 bits per heavy atom. The number of fused-ring (bicyclic) bond motifs is 3. The van der Waals surface area contributed by atoms with Crippen LogP contribution in [0.25, 0.3) is 0 Å². The summed E-state index contributed by atoms with van der Waals surface area (Å²) in [5.74, 6) is 1.71. The smallest absolute Gasteiger partial charge is 0.00156 e. The van der Waals surface area contributed by atoms with Crippen LogP contribution in [-0.2, 0) is 12.8 Å². The molecule has 2 aliphatic rings. The van der Waals surface area contributed by atoms with Crippen LogP contribution in [-0.4, -0.2) is 24.5 Å². The largest absolute Gasteiger partial charge is 0.303 e. The summed E-state index contributed by atoms with van der Waals surface area (Å²) in [6.07, 6.45) is 6.53. The molecule has 128 valence electrons. The summed E-state index contributed by atoms with van der Waals surface area (Å²) < 4.78 is 0. The molecule has 24 heavy (non-hydrogen) atoms. The zero-order valence-electron chi connectivity index (χ0n) is 14.4. The van der Waals surface area contributed by atoms with Gasteiger partial charge in [0.05, 0.1) is 0 Å². The summed E-state index contributed by atoms with van der Waals surface area (Å²) in [5.41, 5.74) is 4.76. The number of likely N-dealkylation sites (tertiary alicyclic amines) is 1. The monoisotopic (exact) mass is 341 g/mol. The maximum absolute atomic E-state index is 2.72. The van der Waals surface area contributed by atoms with Gasteiger partial charge in [-0.25, -0.2) is 0 Å². The van der Waals surface area contributed by atoms with Gasteiger partial charge < -0.3 is 4.90 Å². The third kappa shape index (κ3) is 3.84. The van der Waals surface area contributed by atoms with Crippen molar-refractivity contribution in [2.45, 2.75) is 38.0 Å². The predicted molar refractivity (Wildman–Crippen MR) is 104 cm³/mol. The van der Waals surface area contributed by atoms with E-state index >= 15 is 0 Å². The molecule has 0 N–H and O–H groups in total. The highest BCUT2D eigenvalue weighted by molar-refractivity contribution is 5.85. The van der Waals surface area contributed by atoms with Gasteiger partial charge in [-0.15, -0.1) is 12.4 Å². The SMILES string of the molecule is Cl.c1ccc(CCCN2CC[C@H]3c4ccccc4CC[C@H]3C2)cc1. The molecule has 2 heteroatoms. The molecule has 0 radical (unpaired) electrons. The highest BCUT2D eigenvalue weighted by Gasteiger charge is 2.33. The minimum absolute atomic E-state index is 0. The van der Waals surface area contributed by atoms with Crippen molar-refractivity contribution < 1.29 is 0 Å². The van der Waals surface area contributed by atoms with Crippen molar-refractivity contribution in [2.24, 2.45) is 5.92 Å². The van der Waals surface area contributed by atoms with E-state index < -0.39 is 0 Å². The van der Waals surface area contributed by atoms with Crippen molar-refractivity contribution in [3.05, 3.63) is 71.3 Å². The molecule has 0 unspecified atom stereocenters. The van der Waals surface area contributed by atoms with E-state index in [1.165, 1.54) is 57.3 Å². The van der Waals surface area contributed by atoms with Crippen molar-refractivity contribution in [3.8, 4) is 0 Å². The molecule has 1 fully saturated rings. The number of rotatable bonds is 4. The average molecular weight is 342 g/mol. The first-order valence-corrected chi connectivity index (χ1v) is 9.24. The Balaban J connectivity index is 0.00000169. The van der Waals surface area contributed by atoms with Gasteiger partial charge in [0.25, 0.3) is 0 Å². The molecule has 2 aromatic carbocycles. The van der Waals surface area contributed by atoms with Gasteiger partial charge in [0, 0.05) is 6.54 Å². The second-order valence-corrected chi connectivity index (χ2v) is 7.28. The van der Waals surface area contributed by atoms with Crippen molar-refractivity contribution in [2.75, 3.05) is 19.6 Å². The molecule has 0 saturated carbocycles. The van der Waals surface area contributed by atoms with Crippen molar-refractivity contribution in [1.29, 1.82) is 0 Å². The Hall–Kier alpha value is -1.31. The summed E-state index contributed by atoms with van der Waals surface area (Å²) in [4.78, 5) is 2.72. The minimum Gasteiger partial charge on any atom is -0.303 e. The van der Waals surface area contributed by atoms with Gasteiger partial charge >= 0.3 is 0 Å². The second kappa shape index (κ2) is 8.18. The van der Waals surface area contributed by atoms with Crippen molar-refractivity contribution in [3.63, 3.8) is 0 Å². The molecule has 4 rings (SSSR count). The van der Waals surface area contributed by atoms with Gasteiger partial charge in [-0.2, -0.15) is 0 Å². The molecular weight excluding hydrogens is 314 g/mol. The lowest BCUT2D eigenvalue weighted by Gasteiger charge is -2.42. The van der Waals surface area contributed by atoms with Gasteiger partial charge in [0.1, 0.15) is 0 Å². The topological polar surface area (TPSA) is 3.24 Å². The molecule has 1 aliphatic carbocycles. The molecule has 2 atom stereocenters. The number of hydrogen-bond acceptors (Lipinski definition) is 1. The molecule has 0 spiro atoms. The predicted octanol–water partition coefficient (Wildman–Crippen LogP) is 5.09. The average Bonchev–Trinajstić information content (AvgIpc) is 2.62. The van der Waals surface area contributed by atoms with Crippen molar-refractivity contribution >= 4 is 12.4 Å². The maximum Gasteiger partial charge on any atom is 0.00156 e. The van der Waals surface area contributed by atoms with E-state index in [0.717, 1.165) is 11.8 Å². The summed E-state index contributed by atoms with van der Waals surface area (Å²) in [7, 11) is 0. The molecule has 0 amide bonds. The summed E-state index contributed by atoms with van der Waals surface area (Å²) in [5, 5.41) is 0.